The molecule has 0 spiro atoms. The average molecular weight is 257 g/mol. The van der Waals surface area contributed by atoms with Gasteiger partial charge in [-0.15, -0.1) is 0 Å². The minimum Gasteiger partial charge on any atom is -0.326 e. The summed E-state index contributed by atoms with van der Waals surface area (Å²) >= 11 is 0. The summed E-state index contributed by atoms with van der Waals surface area (Å²) in [5.41, 5.74) is 7.22. The maximum atomic E-state index is 12.3. The molecule has 0 aliphatic rings. The number of aromatic amines is 1. The van der Waals surface area contributed by atoms with Gasteiger partial charge in [0.15, 0.2) is 0 Å². The number of amides is 1. The van der Waals surface area contributed by atoms with E-state index in [9.17, 15) is 9.59 Å². The predicted octanol–water partition coefficient (Wildman–Crippen LogP) is 1.11. The first-order valence-corrected chi connectivity index (χ1v) is 5.89. The van der Waals surface area contributed by atoms with E-state index in [0.29, 0.717) is 6.54 Å². The third-order valence-electron chi connectivity index (χ3n) is 2.88. The normalized spacial score (nSPS) is 10.2. The number of rotatable bonds is 3. The highest BCUT2D eigenvalue weighted by Gasteiger charge is 2.16. The van der Waals surface area contributed by atoms with E-state index in [-0.39, 0.29) is 17.2 Å². The lowest BCUT2D eigenvalue weighted by atomic mass is 10.1. The van der Waals surface area contributed by atoms with Gasteiger partial charge in [0.2, 0.25) is 5.56 Å². The second-order valence-electron chi connectivity index (χ2n) is 4.13. The number of aromatic nitrogens is 1. The van der Waals surface area contributed by atoms with Gasteiger partial charge in [-0.3, -0.25) is 9.59 Å². The summed E-state index contributed by atoms with van der Waals surface area (Å²) in [6.45, 7) is 0.346. The highest BCUT2D eigenvalue weighted by atomic mass is 16.2. The van der Waals surface area contributed by atoms with Crippen LogP contribution in [0.15, 0.2) is 47.3 Å². The van der Waals surface area contributed by atoms with Crippen LogP contribution >= 0.6 is 0 Å². The summed E-state index contributed by atoms with van der Waals surface area (Å²) in [5.74, 6) is -0.279. The fraction of sp³-hybridized carbons (Fsp3) is 0.143. The van der Waals surface area contributed by atoms with E-state index in [2.05, 4.69) is 4.98 Å². The quantitative estimate of drug-likeness (QED) is 0.864. The molecular formula is C14H15N3O2. The average Bonchev–Trinajstić information content (AvgIpc) is 2.45. The number of hydrogen-bond donors (Lipinski definition) is 2. The second-order valence-corrected chi connectivity index (χ2v) is 4.13. The van der Waals surface area contributed by atoms with Crippen LogP contribution in [0.2, 0.25) is 0 Å². The highest BCUT2D eigenvalue weighted by molar-refractivity contribution is 6.04. The summed E-state index contributed by atoms with van der Waals surface area (Å²) in [6, 6.07) is 11.9. The summed E-state index contributed by atoms with van der Waals surface area (Å²) in [7, 11) is 1.65. The number of carbonyl (C=O) groups excluding carboxylic acids is 1. The molecule has 1 amide bonds. The van der Waals surface area contributed by atoms with E-state index in [4.69, 9.17) is 5.73 Å². The molecule has 0 atom stereocenters. The molecule has 1 aromatic carbocycles. The van der Waals surface area contributed by atoms with Crippen molar-refractivity contribution in [2.24, 2.45) is 5.73 Å². The van der Waals surface area contributed by atoms with Gasteiger partial charge in [0, 0.05) is 25.3 Å². The van der Waals surface area contributed by atoms with Gasteiger partial charge in [-0.2, -0.15) is 0 Å². The molecule has 2 rings (SSSR count). The van der Waals surface area contributed by atoms with Gasteiger partial charge >= 0.3 is 0 Å². The number of hydrogen-bond acceptors (Lipinski definition) is 3. The Kier molecular flexibility index (Phi) is 3.77. The minimum atomic E-state index is -0.300. The summed E-state index contributed by atoms with van der Waals surface area (Å²) < 4.78 is 0. The van der Waals surface area contributed by atoms with E-state index < -0.39 is 0 Å². The molecule has 1 heterocycles. The molecule has 0 fully saturated rings. The third kappa shape index (κ3) is 2.71. The number of nitrogens with one attached hydrogen (secondary N) is 1. The molecule has 0 radical (unpaired) electrons. The SMILES string of the molecule is CN(C(=O)c1cccc(=O)[nH]1)c1ccccc1CN. The van der Waals surface area contributed by atoms with Crippen molar-refractivity contribution in [3.05, 3.63) is 64.1 Å². The van der Waals surface area contributed by atoms with Crippen molar-refractivity contribution in [2.75, 3.05) is 11.9 Å². The molecule has 0 aliphatic heterocycles. The first-order chi connectivity index (χ1) is 9.13. The fourth-order valence-corrected chi connectivity index (χ4v) is 1.87. The molecule has 5 nitrogen and oxygen atoms in total. The van der Waals surface area contributed by atoms with Gasteiger partial charge in [0.1, 0.15) is 5.69 Å². The molecular weight excluding hydrogens is 242 g/mol. The standard InChI is InChI=1S/C14H15N3O2/c1-17(12-7-3-2-5-10(12)9-15)14(19)11-6-4-8-13(18)16-11/h2-8H,9,15H2,1H3,(H,16,18). The van der Waals surface area contributed by atoms with E-state index in [0.717, 1.165) is 11.3 Å². The van der Waals surface area contributed by atoms with Crippen LogP contribution < -0.4 is 16.2 Å². The van der Waals surface area contributed by atoms with E-state index in [1.807, 2.05) is 24.3 Å². The first kappa shape index (κ1) is 13.0. The molecule has 1 aromatic heterocycles. The van der Waals surface area contributed by atoms with Crippen molar-refractivity contribution >= 4 is 11.6 Å². The van der Waals surface area contributed by atoms with E-state index in [1.165, 1.54) is 11.0 Å². The van der Waals surface area contributed by atoms with Crippen molar-refractivity contribution in [1.82, 2.24) is 4.98 Å². The Morgan fingerprint density at radius 2 is 1.95 bits per heavy atom. The van der Waals surface area contributed by atoms with Crippen LogP contribution in [0.25, 0.3) is 0 Å². The predicted molar refractivity (Wildman–Crippen MR) is 74.1 cm³/mol. The first-order valence-electron chi connectivity index (χ1n) is 5.89. The summed E-state index contributed by atoms with van der Waals surface area (Å²) in [5, 5.41) is 0. The maximum Gasteiger partial charge on any atom is 0.274 e. The molecule has 3 N–H and O–H groups in total. The van der Waals surface area contributed by atoms with Crippen LogP contribution in [0.4, 0.5) is 5.69 Å². The number of pyridine rings is 1. The van der Waals surface area contributed by atoms with Gasteiger partial charge in [-0.25, -0.2) is 0 Å². The number of carbonyl (C=O) groups is 1. The molecule has 98 valence electrons. The van der Waals surface area contributed by atoms with Crippen LogP contribution in [-0.2, 0) is 6.54 Å². The molecule has 5 heteroatoms. The topological polar surface area (TPSA) is 79.2 Å². The molecule has 0 saturated carbocycles. The molecule has 0 bridgehead atoms. The molecule has 0 aliphatic carbocycles. The van der Waals surface area contributed by atoms with E-state index >= 15 is 0 Å². The monoisotopic (exact) mass is 257 g/mol. The Hall–Kier alpha value is -2.40. The number of para-hydroxylation sites is 1. The van der Waals surface area contributed by atoms with Gasteiger partial charge in [-0.05, 0) is 17.7 Å². The van der Waals surface area contributed by atoms with Crippen LogP contribution in [0, 0.1) is 0 Å². The molecule has 0 unspecified atom stereocenters. The Morgan fingerprint density at radius 3 is 2.63 bits per heavy atom. The van der Waals surface area contributed by atoms with Crippen molar-refractivity contribution in [2.45, 2.75) is 6.54 Å². The lowest BCUT2D eigenvalue weighted by Crippen LogP contribution is -2.29. The number of H-pyrrole nitrogens is 1. The Labute approximate surface area is 110 Å². The van der Waals surface area contributed by atoms with Crippen LogP contribution in [0.3, 0.4) is 0 Å². The van der Waals surface area contributed by atoms with Gasteiger partial charge in [0.25, 0.3) is 5.91 Å². The van der Waals surface area contributed by atoms with E-state index in [1.54, 1.807) is 19.2 Å². The largest absolute Gasteiger partial charge is 0.326 e. The minimum absolute atomic E-state index is 0.252. The van der Waals surface area contributed by atoms with Crippen molar-refractivity contribution < 1.29 is 4.79 Å². The molecule has 19 heavy (non-hydrogen) atoms. The zero-order chi connectivity index (χ0) is 13.8. The Bertz CT molecular complexity index is 649. The summed E-state index contributed by atoms with van der Waals surface area (Å²) in [6.07, 6.45) is 0. The zero-order valence-corrected chi connectivity index (χ0v) is 10.6. The Balaban J connectivity index is 2.36. The van der Waals surface area contributed by atoms with Gasteiger partial charge in [0.05, 0.1) is 0 Å². The van der Waals surface area contributed by atoms with Gasteiger partial charge in [-0.1, -0.05) is 24.3 Å². The van der Waals surface area contributed by atoms with Crippen molar-refractivity contribution in [1.29, 1.82) is 0 Å². The number of nitrogens with two attached hydrogens (primary N) is 1. The molecule has 2 aromatic rings. The van der Waals surface area contributed by atoms with Crippen molar-refractivity contribution in [3.8, 4) is 0 Å². The molecule has 0 saturated heterocycles. The van der Waals surface area contributed by atoms with Crippen molar-refractivity contribution in [3.63, 3.8) is 0 Å². The number of nitrogens with zero attached hydrogens (tertiary/aromatic N) is 1. The van der Waals surface area contributed by atoms with Crippen LogP contribution in [-0.4, -0.2) is 17.9 Å². The number of benzene rings is 1. The lowest BCUT2D eigenvalue weighted by molar-refractivity contribution is 0.0988. The number of anilines is 1. The maximum absolute atomic E-state index is 12.3. The Morgan fingerprint density at radius 1 is 1.21 bits per heavy atom. The van der Waals surface area contributed by atoms with Crippen LogP contribution in [0.5, 0.6) is 0 Å². The summed E-state index contributed by atoms with van der Waals surface area (Å²) in [4.78, 5) is 27.5. The third-order valence-corrected chi connectivity index (χ3v) is 2.88. The second kappa shape index (κ2) is 5.49. The van der Waals surface area contributed by atoms with Crippen LogP contribution in [0.1, 0.15) is 16.1 Å². The lowest BCUT2D eigenvalue weighted by Gasteiger charge is -2.20. The zero-order valence-electron chi connectivity index (χ0n) is 10.6. The highest BCUT2D eigenvalue weighted by Crippen LogP contribution is 2.19. The smallest absolute Gasteiger partial charge is 0.274 e. The fourth-order valence-electron chi connectivity index (χ4n) is 1.87. The van der Waals surface area contributed by atoms with Gasteiger partial charge < -0.3 is 15.6 Å².